The molecule has 0 saturated carbocycles. The van der Waals surface area contributed by atoms with E-state index in [1.54, 1.807) is 0 Å². The first-order valence-corrected chi connectivity index (χ1v) is 5.18. The molecule has 1 atom stereocenters. The molecule has 14 heavy (non-hydrogen) atoms. The van der Waals surface area contributed by atoms with Gasteiger partial charge in [-0.15, -0.1) is 6.58 Å². The molecule has 0 fully saturated rings. The van der Waals surface area contributed by atoms with Gasteiger partial charge in [-0.25, -0.2) is 0 Å². The molecule has 1 aromatic rings. The van der Waals surface area contributed by atoms with E-state index < -0.39 is 0 Å². The topological polar surface area (TPSA) is 9.23 Å². The Hall–Kier alpha value is -1.24. The van der Waals surface area contributed by atoms with E-state index in [1.807, 2.05) is 12.1 Å². The van der Waals surface area contributed by atoms with Gasteiger partial charge < -0.3 is 4.74 Å². The van der Waals surface area contributed by atoms with Gasteiger partial charge in [0.15, 0.2) is 0 Å². The maximum atomic E-state index is 5.63. The third-order valence-electron chi connectivity index (χ3n) is 3.25. The van der Waals surface area contributed by atoms with Gasteiger partial charge >= 0.3 is 0 Å². The minimum atomic E-state index is 0.134. The molecule has 0 aliphatic carbocycles. The summed E-state index contributed by atoms with van der Waals surface area (Å²) < 4.78 is 5.63. The molecule has 0 bridgehead atoms. The van der Waals surface area contributed by atoms with Crippen LogP contribution in [0.25, 0.3) is 0 Å². The highest BCUT2D eigenvalue weighted by atomic mass is 16.5. The Labute approximate surface area is 85.4 Å². The fraction of sp³-hybridized carbons (Fsp3) is 0.385. The number of hydrogen-bond donors (Lipinski definition) is 0. The van der Waals surface area contributed by atoms with Crippen molar-refractivity contribution in [1.29, 1.82) is 0 Å². The Morgan fingerprint density at radius 3 is 3.00 bits per heavy atom. The molecule has 1 aliphatic heterocycles. The minimum Gasteiger partial charge on any atom is -0.493 e. The van der Waals surface area contributed by atoms with Crippen LogP contribution < -0.4 is 4.74 Å². The van der Waals surface area contributed by atoms with E-state index in [2.05, 4.69) is 31.7 Å². The van der Waals surface area contributed by atoms with Crippen molar-refractivity contribution >= 4 is 0 Å². The van der Waals surface area contributed by atoms with E-state index in [4.69, 9.17) is 4.74 Å². The van der Waals surface area contributed by atoms with Crippen LogP contribution in [0.3, 0.4) is 0 Å². The average molecular weight is 188 g/mol. The van der Waals surface area contributed by atoms with Gasteiger partial charge in [0.05, 0.1) is 6.61 Å². The molecule has 0 unspecified atom stereocenters. The molecule has 0 amide bonds. The van der Waals surface area contributed by atoms with Gasteiger partial charge in [-0.3, -0.25) is 0 Å². The summed E-state index contributed by atoms with van der Waals surface area (Å²) in [7, 11) is 0. The number of benzene rings is 1. The van der Waals surface area contributed by atoms with Gasteiger partial charge in [0.1, 0.15) is 5.75 Å². The van der Waals surface area contributed by atoms with Crippen molar-refractivity contribution in [3.05, 3.63) is 42.5 Å². The lowest BCUT2D eigenvalue weighted by atomic mass is 9.74. The van der Waals surface area contributed by atoms with Crippen molar-refractivity contribution in [3.63, 3.8) is 0 Å². The Balaban J connectivity index is 2.53. The Morgan fingerprint density at radius 1 is 1.50 bits per heavy atom. The van der Waals surface area contributed by atoms with Crippen LogP contribution in [0.2, 0.25) is 0 Å². The van der Waals surface area contributed by atoms with Crippen molar-refractivity contribution in [2.24, 2.45) is 0 Å². The van der Waals surface area contributed by atoms with Crippen LogP contribution in [0.1, 0.15) is 25.3 Å². The van der Waals surface area contributed by atoms with Gasteiger partial charge in [0.25, 0.3) is 0 Å². The summed E-state index contributed by atoms with van der Waals surface area (Å²) >= 11 is 0. The van der Waals surface area contributed by atoms with E-state index in [-0.39, 0.29) is 5.41 Å². The Kier molecular flexibility index (Phi) is 2.32. The molecule has 1 heterocycles. The average Bonchev–Trinajstić information content (AvgIpc) is 2.28. The van der Waals surface area contributed by atoms with Crippen molar-refractivity contribution in [1.82, 2.24) is 0 Å². The highest BCUT2D eigenvalue weighted by Gasteiger charge is 2.32. The first kappa shape index (κ1) is 9.32. The van der Waals surface area contributed by atoms with E-state index >= 15 is 0 Å². The molecule has 0 spiro atoms. The van der Waals surface area contributed by atoms with Gasteiger partial charge in [-0.2, -0.15) is 0 Å². The predicted octanol–water partition coefficient (Wildman–Crippen LogP) is 3.30. The quantitative estimate of drug-likeness (QED) is 0.647. The van der Waals surface area contributed by atoms with Crippen LogP contribution in [-0.4, -0.2) is 6.61 Å². The van der Waals surface area contributed by atoms with Crippen molar-refractivity contribution in [2.75, 3.05) is 6.61 Å². The second-order valence-electron chi connectivity index (χ2n) is 3.81. The lowest BCUT2D eigenvalue weighted by Gasteiger charge is -2.35. The summed E-state index contributed by atoms with van der Waals surface area (Å²) in [6.07, 6.45) is 4.22. The Bertz CT molecular complexity index is 343. The number of rotatable bonds is 2. The molecule has 1 nitrogen and oxygen atoms in total. The maximum Gasteiger partial charge on any atom is 0.123 e. The summed E-state index contributed by atoms with van der Waals surface area (Å²) in [5.41, 5.74) is 1.43. The molecular weight excluding hydrogens is 172 g/mol. The molecule has 0 radical (unpaired) electrons. The van der Waals surface area contributed by atoms with Crippen LogP contribution in [0, 0.1) is 0 Å². The number of ether oxygens (including phenoxy) is 1. The van der Waals surface area contributed by atoms with Crippen LogP contribution >= 0.6 is 0 Å². The molecule has 0 aromatic heterocycles. The molecule has 1 aromatic carbocycles. The molecule has 0 saturated heterocycles. The predicted molar refractivity (Wildman–Crippen MR) is 58.7 cm³/mol. The zero-order valence-electron chi connectivity index (χ0n) is 8.62. The molecule has 1 heteroatoms. The minimum absolute atomic E-state index is 0.134. The zero-order valence-corrected chi connectivity index (χ0v) is 8.62. The molecular formula is C13H16O. The van der Waals surface area contributed by atoms with Crippen molar-refractivity contribution in [3.8, 4) is 5.75 Å². The third kappa shape index (κ3) is 1.24. The first-order chi connectivity index (χ1) is 6.82. The summed E-state index contributed by atoms with van der Waals surface area (Å²) in [5.74, 6) is 1.03. The molecule has 74 valence electrons. The van der Waals surface area contributed by atoms with Crippen LogP contribution in [0.5, 0.6) is 5.75 Å². The summed E-state index contributed by atoms with van der Waals surface area (Å²) in [5, 5.41) is 0. The SMILES string of the molecule is C=C[C@]1(CC)CCOc2ccccc21. The standard InChI is InChI=1S/C13H16O/c1-3-13(4-2)9-10-14-12-8-6-5-7-11(12)13/h3,5-8H,1,4,9-10H2,2H3/t13-/m0/s1. The largest absolute Gasteiger partial charge is 0.493 e. The lowest BCUT2D eigenvalue weighted by molar-refractivity contribution is 0.236. The van der Waals surface area contributed by atoms with Crippen molar-refractivity contribution in [2.45, 2.75) is 25.2 Å². The highest BCUT2D eigenvalue weighted by molar-refractivity contribution is 5.43. The number of hydrogen-bond acceptors (Lipinski definition) is 1. The van der Waals surface area contributed by atoms with Gasteiger partial charge in [0.2, 0.25) is 0 Å². The summed E-state index contributed by atoms with van der Waals surface area (Å²) in [6.45, 7) is 6.99. The normalized spacial score (nSPS) is 24.9. The van der Waals surface area contributed by atoms with Gasteiger partial charge in [-0.05, 0) is 18.9 Å². The maximum absolute atomic E-state index is 5.63. The smallest absolute Gasteiger partial charge is 0.123 e. The van der Waals surface area contributed by atoms with E-state index in [9.17, 15) is 0 Å². The number of para-hydroxylation sites is 1. The fourth-order valence-corrected chi connectivity index (χ4v) is 2.21. The molecule has 2 rings (SSSR count). The second kappa shape index (κ2) is 3.49. The Morgan fingerprint density at radius 2 is 2.29 bits per heavy atom. The van der Waals surface area contributed by atoms with E-state index in [1.165, 1.54) is 5.56 Å². The van der Waals surface area contributed by atoms with Gasteiger partial charge in [-0.1, -0.05) is 31.2 Å². The first-order valence-electron chi connectivity index (χ1n) is 5.18. The number of fused-ring (bicyclic) bond motifs is 1. The third-order valence-corrected chi connectivity index (χ3v) is 3.25. The summed E-state index contributed by atoms with van der Waals surface area (Å²) in [4.78, 5) is 0. The second-order valence-corrected chi connectivity index (χ2v) is 3.81. The zero-order chi connectivity index (χ0) is 10.0. The van der Waals surface area contributed by atoms with Crippen LogP contribution in [0.4, 0.5) is 0 Å². The van der Waals surface area contributed by atoms with Crippen LogP contribution in [-0.2, 0) is 5.41 Å². The van der Waals surface area contributed by atoms with Crippen molar-refractivity contribution < 1.29 is 4.74 Å². The summed E-state index contributed by atoms with van der Waals surface area (Å²) in [6, 6.07) is 8.29. The highest BCUT2D eigenvalue weighted by Crippen LogP contribution is 2.41. The molecule has 0 N–H and O–H groups in total. The monoisotopic (exact) mass is 188 g/mol. The lowest BCUT2D eigenvalue weighted by Crippen LogP contribution is -2.30. The van der Waals surface area contributed by atoms with E-state index in [0.29, 0.717) is 0 Å². The fourth-order valence-electron chi connectivity index (χ4n) is 2.21. The van der Waals surface area contributed by atoms with E-state index in [0.717, 1.165) is 25.2 Å². The molecule has 1 aliphatic rings. The van der Waals surface area contributed by atoms with Crippen LogP contribution in [0.15, 0.2) is 36.9 Å². The number of allylic oxidation sites excluding steroid dienone is 1. The van der Waals surface area contributed by atoms with Gasteiger partial charge in [0, 0.05) is 11.0 Å².